The van der Waals surface area contributed by atoms with E-state index in [4.69, 9.17) is 8.83 Å². The Balaban J connectivity index is 1.14. The molecule has 0 unspecified atom stereocenters. The van der Waals surface area contributed by atoms with Crippen LogP contribution in [0.5, 0.6) is 0 Å². The third-order valence-electron chi connectivity index (χ3n) is 11.8. The maximum atomic E-state index is 7.24. The average Bonchev–Trinajstić information content (AvgIpc) is 3.91. The molecule has 0 amide bonds. The first-order valence-electron chi connectivity index (χ1n) is 20.1. The molecule has 0 saturated carbocycles. The summed E-state index contributed by atoms with van der Waals surface area (Å²) in [5.41, 5.74) is 13.1. The summed E-state index contributed by atoms with van der Waals surface area (Å²) in [5, 5.41) is 9.00. The van der Waals surface area contributed by atoms with Crippen LogP contribution in [0.1, 0.15) is 0 Å². The molecule has 276 valence electrons. The number of rotatable bonds is 6. The second-order valence-electron chi connectivity index (χ2n) is 15.2. The molecule has 3 heteroatoms. The molecule has 0 aliphatic carbocycles. The number of furan rings is 2. The number of para-hydroxylation sites is 2. The number of hydrogen-bond acceptors (Lipinski definition) is 3. The maximum Gasteiger partial charge on any atom is 0.160 e. The summed E-state index contributed by atoms with van der Waals surface area (Å²) in [4.78, 5) is 2.33. The van der Waals surface area contributed by atoms with Gasteiger partial charge in [-0.3, -0.25) is 0 Å². The van der Waals surface area contributed by atoms with E-state index in [0.29, 0.717) is 0 Å². The first-order chi connectivity index (χ1) is 29.3. The van der Waals surface area contributed by atoms with Gasteiger partial charge in [0.25, 0.3) is 0 Å². The van der Waals surface area contributed by atoms with Crippen molar-refractivity contribution < 1.29 is 8.83 Å². The van der Waals surface area contributed by atoms with Crippen molar-refractivity contribution in [3.8, 4) is 33.4 Å². The SMILES string of the molecule is c1ccc(-c2cccc(-c3ccc(N(c4cccc5c4oc4c(-c6ccccc6)cc6ccccc6c45)c4cc5ccccc5c5c4oc4ccccc45)cc3)c2)cc1. The molecule has 0 aliphatic rings. The summed E-state index contributed by atoms with van der Waals surface area (Å²) in [6.45, 7) is 0. The highest BCUT2D eigenvalue weighted by Crippen LogP contribution is 2.50. The topological polar surface area (TPSA) is 29.5 Å². The molecule has 0 atom stereocenters. The molecule has 0 N–H and O–H groups in total. The Morgan fingerprint density at radius 1 is 0.305 bits per heavy atom. The molecule has 10 aromatic carbocycles. The van der Waals surface area contributed by atoms with Crippen LogP contribution in [0.2, 0.25) is 0 Å². The Hall–Kier alpha value is -7.88. The molecule has 3 nitrogen and oxygen atoms in total. The Bertz CT molecular complexity index is 3540. The van der Waals surface area contributed by atoms with E-state index >= 15 is 0 Å². The lowest BCUT2D eigenvalue weighted by Crippen LogP contribution is -2.10. The van der Waals surface area contributed by atoms with Gasteiger partial charge in [-0.15, -0.1) is 0 Å². The molecule has 12 aromatic rings. The predicted octanol–water partition coefficient (Wildman–Crippen LogP) is 16.3. The minimum absolute atomic E-state index is 0.813. The Morgan fingerprint density at radius 3 is 1.58 bits per heavy atom. The van der Waals surface area contributed by atoms with Gasteiger partial charge in [0.15, 0.2) is 11.2 Å². The first kappa shape index (κ1) is 33.3. The van der Waals surface area contributed by atoms with Crippen LogP contribution in [0.25, 0.3) is 98.8 Å². The molecule has 0 fully saturated rings. The van der Waals surface area contributed by atoms with Crippen LogP contribution in [-0.2, 0) is 0 Å². The van der Waals surface area contributed by atoms with Gasteiger partial charge in [0.05, 0.1) is 11.4 Å². The molecular formula is C56H35NO2. The van der Waals surface area contributed by atoms with Crippen LogP contribution < -0.4 is 4.90 Å². The first-order valence-corrected chi connectivity index (χ1v) is 20.1. The van der Waals surface area contributed by atoms with E-state index in [9.17, 15) is 0 Å². The maximum absolute atomic E-state index is 7.24. The van der Waals surface area contributed by atoms with Gasteiger partial charge in [-0.2, -0.15) is 0 Å². The van der Waals surface area contributed by atoms with Crippen LogP contribution >= 0.6 is 0 Å². The normalized spacial score (nSPS) is 11.7. The molecular weight excluding hydrogens is 719 g/mol. The van der Waals surface area contributed by atoms with Gasteiger partial charge < -0.3 is 13.7 Å². The van der Waals surface area contributed by atoms with Crippen molar-refractivity contribution in [3.05, 3.63) is 212 Å². The Labute approximate surface area is 340 Å². The summed E-state index contributed by atoms with van der Waals surface area (Å²) < 4.78 is 14.1. The zero-order valence-corrected chi connectivity index (χ0v) is 32.0. The van der Waals surface area contributed by atoms with E-state index in [0.717, 1.165) is 99.4 Å². The number of anilines is 3. The van der Waals surface area contributed by atoms with Gasteiger partial charge in [0.1, 0.15) is 11.2 Å². The number of nitrogens with zero attached hydrogens (tertiary/aromatic N) is 1. The van der Waals surface area contributed by atoms with E-state index in [1.807, 2.05) is 6.07 Å². The molecule has 59 heavy (non-hydrogen) atoms. The Morgan fingerprint density at radius 2 is 0.847 bits per heavy atom. The van der Waals surface area contributed by atoms with Gasteiger partial charge in [-0.05, 0) is 91.8 Å². The molecule has 0 spiro atoms. The molecule has 0 radical (unpaired) electrons. The molecule has 0 saturated heterocycles. The second-order valence-corrected chi connectivity index (χ2v) is 15.2. The van der Waals surface area contributed by atoms with E-state index < -0.39 is 0 Å². The fourth-order valence-electron chi connectivity index (χ4n) is 9.08. The number of benzene rings is 10. The van der Waals surface area contributed by atoms with E-state index in [2.05, 4.69) is 211 Å². The molecule has 0 bridgehead atoms. The van der Waals surface area contributed by atoms with Crippen LogP contribution in [0.15, 0.2) is 221 Å². The summed E-state index contributed by atoms with van der Waals surface area (Å²) >= 11 is 0. The highest BCUT2D eigenvalue weighted by molar-refractivity contribution is 6.26. The minimum atomic E-state index is 0.813. The van der Waals surface area contributed by atoms with Crippen molar-refractivity contribution in [1.82, 2.24) is 0 Å². The standard InChI is InChI=1S/C56H35NO2/c1-3-15-36(16-4-1)39-21-13-22-40(33-39)37-29-31-43(32-30-37)57(50-35-42-20-8-10-24-45(42)52-46-25-11-12-28-51(46)58-56(50)52)49-27-14-26-47-53-44-23-9-7-19-41(44)34-48(55(53)59-54(47)49)38-17-5-2-6-18-38/h1-35H. The van der Waals surface area contributed by atoms with Crippen molar-refractivity contribution in [2.45, 2.75) is 0 Å². The lowest BCUT2D eigenvalue weighted by atomic mass is 9.96. The Kier molecular flexibility index (Phi) is 7.54. The number of hydrogen-bond donors (Lipinski definition) is 0. The highest BCUT2D eigenvalue weighted by Gasteiger charge is 2.26. The third kappa shape index (κ3) is 5.36. The highest BCUT2D eigenvalue weighted by atomic mass is 16.3. The summed E-state index contributed by atoms with van der Waals surface area (Å²) in [6, 6.07) is 75.4. The van der Waals surface area contributed by atoms with Crippen LogP contribution in [0, 0.1) is 0 Å². The van der Waals surface area contributed by atoms with Crippen molar-refractivity contribution in [2.75, 3.05) is 4.90 Å². The van der Waals surface area contributed by atoms with E-state index in [1.54, 1.807) is 0 Å². The van der Waals surface area contributed by atoms with Gasteiger partial charge in [-0.1, -0.05) is 170 Å². The zero-order chi connectivity index (χ0) is 38.9. The van der Waals surface area contributed by atoms with Gasteiger partial charge in [-0.25, -0.2) is 0 Å². The fourth-order valence-corrected chi connectivity index (χ4v) is 9.08. The summed E-state index contributed by atoms with van der Waals surface area (Å²) in [5.74, 6) is 0. The number of fused-ring (bicyclic) bond motifs is 10. The van der Waals surface area contributed by atoms with E-state index in [-0.39, 0.29) is 0 Å². The minimum Gasteiger partial charge on any atom is -0.454 e. The van der Waals surface area contributed by atoms with Crippen molar-refractivity contribution in [3.63, 3.8) is 0 Å². The quantitative estimate of drug-likeness (QED) is 0.169. The summed E-state index contributed by atoms with van der Waals surface area (Å²) in [6.07, 6.45) is 0. The van der Waals surface area contributed by atoms with Crippen LogP contribution in [-0.4, -0.2) is 0 Å². The van der Waals surface area contributed by atoms with Gasteiger partial charge in [0, 0.05) is 32.8 Å². The van der Waals surface area contributed by atoms with E-state index in [1.165, 1.54) is 16.5 Å². The molecule has 2 aromatic heterocycles. The van der Waals surface area contributed by atoms with Crippen molar-refractivity contribution in [1.29, 1.82) is 0 Å². The van der Waals surface area contributed by atoms with Gasteiger partial charge >= 0.3 is 0 Å². The lowest BCUT2D eigenvalue weighted by molar-refractivity contribution is 0.667. The van der Waals surface area contributed by atoms with Crippen molar-refractivity contribution in [2.24, 2.45) is 0 Å². The predicted molar refractivity (Wildman–Crippen MR) is 247 cm³/mol. The molecule has 0 aliphatic heterocycles. The fraction of sp³-hybridized carbons (Fsp3) is 0. The van der Waals surface area contributed by atoms with Crippen LogP contribution in [0.3, 0.4) is 0 Å². The average molecular weight is 754 g/mol. The molecule has 2 heterocycles. The largest absolute Gasteiger partial charge is 0.454 e. The smallest absolute Gasteiger partial charge is 0.160 e. The monoisotopic (exact) mass is 753 g/mol. The third-order valence-corrected chi connectivity index (χ3v) is 11.8. The second kappa shape index (κ2) is 13.4. The van der Waals surface area contributed by atoms with Crippen molar-refractivity contribution >= 4 is 82.5 Å². The zero-order valence-electron chi connectivity index (χ0n) is 32.0. The summed E-state index contributed by atoms with van der Waals surface area (Å²) in [7, 11) is 0. The molecule has 12 rings (SSSR count). The lowest BCUT2D eigenvalue weighted by Gasteiger charge is -2.26. The van der Waals surface area contributed by atoms with Gasteiger partial charge in [0.2, 0.25) is 0 Å². The van der Waals surface area contributed by atoms with Crippen LogP contribution in [0.4, 0.5) is 17.1 Å².